The summed E-state index contributed by atoms with van der Waals surface area (Å²) in [7, 11) is 0. The first kappa shape index (κ1) is 21.5. The summed E-state index contributed by atoms with van der Waals surface area (Å²) in [6, 6.07) is 15.7. The summed E-state index contributed by atoms with van der Waals surface area (Å²) in [5.41, 5.74) is 1.74. The number of carbonyl (C=O) groups excluding carboxylic acids is 1. The van der Waals surface area contributed by atoms with Gasteiger partial charge in [-0.25, -0.2) is 0 Å². The van der Waals surface area contributed by atoms with E-state index in [0.29, 0.717) is 29.9 Å². The zero-order valence-corrected chi connectivity index (χ0v) is 14.7. The van der Waals surface area contributed by atoms with Gasteiger partial charge in [0, 0.05) is 11.1 Å². The van der Waals surface area contributed by atoms with Crippen molar-refractivity contribution in [2.75, 3.05) is 26.4 Å². The van der Waals surface area contributed by atoms with Crippen LogP contribution < -0.4 is 0 Å². The van der Waals surface area contributed by atoms with Crippen LogP contribution in [-0.2, 0) is 9.53 Å². The Bertz CT molecular complexity index is 680. The molecule has 0 aromatic heterocycles. The maximum atomic E-state index is 12.2. The van der Waals surface area contributed by atoms with E-state index in [4.69, 9.17) is 15.3 Å². The number of carboxylic acids is 1. The molecule has 0 spiro atoms. The van der Waals surface area contributed by atoms with Crippen LogP contribution in [0.25, 0.3) is 0 Å². The highest BCUT2D eigenvalue weighted by molar-refractivity contribution is 6.09. The summed E-state index contributed by atoms with van der Waals surface area (Å²) < 4.78 is 4.63. The van der Waals surface area contributed by atoms with Crippen molar-refractivity contribution in [1.29, 1.82) is 0 Å². The molecule has 0 aliphatic carbocycles. The molecule has 2 aromatic carbocycles. The minimum atomic E-state index is -0.899. The lowest BCUT2D eigenvalue weighted by molar-refractivity contribution is -0.138. The van der Waals surface area contributed by atoms with E-state index < -0.39 is 11.9 Å². The second kappa shape index (κ2) is 11.9. The Labute approximate surface area is 152 Å². The number of aliphatic hydroxyl groups is 2. The Morgan fingerprint density at radius 2 is 1.50 bits per heavy atom. The highest BCUT2D eigenvalue weighted by Crippen LogP contribution is 2.18. The lowest BCUT2D eigenvalue weighted by Gasteiger charge is -2.08. The Kier molecular flexibility index (Phi) is 9.86. The van der Waals surface area contributed by atoms with E-state index >= 15 is 0 Å². The van der Waals surface area contributed by atoms with Crippen LogP contribution in [0.4, 0.5) is 0 Å². The largest absolute Gasteiger partial charge is 0.481 e. The van der Waals surface area contributed by atoms with Gasteiger partial charge >= 0.3 is 5.97 Å². The second-order valence-electron chi connectivity index (χ2n) is 5.44. The van der Waals surface area contributed by atoms with Crippen LogP contribution >= 0.6 is 0 Å². The van der Waals surface area contributed by atoms with E-state index in [-0.39, 0.29) is 19.0 Å². The molecule has 6 nitrogen and oxygen atoms in total. The molecule has 1 unspecified atom stereocenters. The van der Waals surface area contributed by atoms with Gasteiger partial charge in [-0.3, -0.25) is 9.59 Å². The molecule has 6 heteroatoms. The Morgan fingerprint density at radius 1 is 0.923 bits per heavy atom. The van der Waals surface area contributed by atoms with E-state index in [0.717, 1.165) is 0 Å². The van der Waals surface area contributed by atoms with Crippen molar-refractivity contribution < 1.29 is 29.6 Å². The van der Waals surface area contributed by atoms with Gasteiger partial charge in [0.25, 0.3) is 0 Å². The van der Waals surface area contributed by atoms with Crippen LogP contribution in [-0.4, -0.2) is 53.5 Å². The lowest BCUT2D eigenvalue weighted by atomic mass is 9.96. The van der Waals surface area contributed by atoms with Crippen LogP contribution in [0.2, 0.25) is 0 Å². The molecule has 2 aromatic rings. The third-order valence-electron chi connectivity index (χ3n) is 3.53. The van der Waals surface area contributed by atoms with Crippen molar-refractivity contribution in [3.05, 3.63) is 71.3 Å². The summed E-state index contributed by atoms with van der Waals surface area (Å²) in [5, 5.41) is 25.2. The summed E-state index contributed by atoms with van der Waals surface area (Å²) in [6.45, 7) is 2.30. The van der Waals surface area contributed by atoms with E-state index in [9.17, 15) is 9.59 Å². The molecule has 0 radical (unpaired) electrons. The maximum Gasteiger partial charge on any atom is 0.310 e. The van der Waals surface area contributed by atoms with Crippen molar-refractivity contribution in [3.63, 3.8) is 0 Å². The molecule has 0 saturated heterocycles. The Hall–Kier alpha value is -2.54. The molecule has 0 aliphatic heterocycles. The molecule has 0 fully saturated rings. The van der Waals surface area contributed by atoms with Gasteiger partial charge in [-0.2, -0.15) is 0 Å². The SMILES string of the molecule is CC(C(=O)O)c1cccc(C(=O)c2ccccc2)c1.OCCOCCO. The van der Waals surface area contributed by atoms with Crippen molar-refractivity contribution in [2.45, 2.75) is 12.8 Å². The third-order valence-corrected chi connectivity index (χ3v) is 3.53. The average molecular weight is 360 g/mol. The van der Waals surface area contributed by atoms with Crippen molar-refractivity contribution in [3.8, 4) is 0 Å². The van der Waals surface area contributed by atoms with Gasteiger partial charge in [-0.15, -0.1) is 0 Å². The molecule has 0 bridgehead atoms. The summed E-state index contributed by atoms with van der Waals surface area (Å²) in [4.78, 5) is 23.2. The molecule has 0 heterocycles. The number of benzene rings is 2. The topological polar surface area (TPSA) is 104 Å². The van der Waals surface area contributed by atoms with Crippen LogP contribution in [0.5, 0.6) is 0 Å². The summed E-state index contributed by atoms with van der Waals surface area (Å²) in [6.07, 6.45) is 0. The van der Waals surface area contributed by atoms with Crippen molar-refractivity contribution in [2.24, 2.45) is 0 Å². The second-order valence-corrected chi connectivity index (χ2v) is 5.44. The number of rotatable bonds is 8. The number of hydrogen-bond donors (Lipinski definition) is 3. The zero-order chi connectivity index (χ0) is 19.4. The number of carbonyl (C=O) groups is 2. The molecule has 140 valence electrons. The molecule has 0 amide bonds. The Balaban J connectivity index is 0.000000412. The fourth-order valence-corrected chi connectivity index (χ4v) is 2.08. The van der Waals surface area contributed by atoms with Gasteiger partial charge in [0.1, 0.15) is 0 Å². The molecule has 3 N–H and O–H groups in total. The summed E-state index contributed by atoms with van der Waals surface area (Å²) >= 11 is 0. The standard InChI is InChI=1S/C16H14O3.C4H10O3/c1-11(16(18)19)13-8-5-9-14(10-13)15(17)12-6-3-2-4-7-12;5-1-3-7-4-2-6/h2-11H,1H3,(H,18,19);5-6H,1-4H2. The number of aliphatic carboxylic acids is 1. The molecule has 1 atom stereocenters. The number of hydrogen-bond acceptors (Lipinski definition) is 5. The Morgan fingerprint density at radius 3 is 2.04 bits per heavy atom. The molecular weight excluding hydrogens is 336 g/mol. The first-order valence-corrected chi connectivity index (χ1v) is 8.23. The predicted octanol–water partition coefficient (Wildman–Crippen LogP) is 2.09. The molecule has 26 heavy (non-hydrogen) atoms. The van der Waals surface area contributed by atoms with Crippen LogP contribution in [0.15, 0.2) is 54.6 Å². The van der Waals surface area contributed by atoms with Gasteiger partial charge in [-0.05, 0) is 18.6 Å². The van der Waals surface area contributed by atoms with E-state index in [1.54, 1.807) is 55.5 Å². The molecule has 0 aliphatic rings. The highest BCUT2D eigenvalue weighted by Gasteiger charge is 2.16. The smallest absolute Gasteiger partial charge is 0.310 e. The van der Waals surface area contributed by atoms with Gasteiger partial charge in [0.15, 0.2) is 5.78 Å². The normalized spacial score (nSPS) is 11.2. The lowest BCUT2D eigenvalue weighted by Crippen LogP contribution is -2.09. The van der Waals surface area contributed by atoms with Gasteiger partial charge in [-0.1, -0.05) is 48.5 Å². The van der Waals surface area contributed by atoms with Crippen LogP contribution in [0.3, 0.4) is 0 Å². The fourth-order valence-electron chi connectivity index (χ4n) is 2.08. The maximum absolute atomic E-state index is 12.2. The summed E-state index contributed by atoms with van der Waals surface area (Å²) in [5.74, 6) is -1.62. The zero-order valence-electron chi connectivity index (χ0n) is 14.7. The molecular formula is C20H24O6. The number of ether oxygens (including phenoxy) is 1. The highest BCUT2D eigenvalue weighted by atomic mass is 16.5. The first-order valence-electron chi connectivity index (χ1n) is 8.23. The molecule has 0 saturated carbocycles. The third kappa shape index (κ3) is 7.14. The fraction of sp³-hybridized carbons (Fsp3) is 0.300. The minimum absolute atomic E-state index is 0.0278. The number of ketones is 1. The molecule has 2 rings (SSSR count). The van der Waals surface area contributed by atoms with E-state index in [2.05, 4.69) is 4.74 Å². The predicted molar refractivity (Wildman–Crippen MR) is 97.4 cm³/mol. The average Bonchev–Trinajstić information content (AvgIpc) is 2.68. The van der Waals surface area contributed by atoms with Gasteiger partial charge in [0.05, 0.1) is 32.3 Å². The number of carboxylic acid groups (broad SMARTS) is 1. The van der Waals surface area contributed by atoms with Crippen LogP contribution in [0, 0.1) is 0 Å². The van der Waals surface area contributed by atoms with Crippen molar-refractivity contribution >= 4 is 11.8 Å². The number of aliphatic hydroxyl groups excluding tert-OH is 2. The van der Waals surface area contributed by atoms with Gasteiger partial charge in [0.2, 0.25) is 0 Å². The van der Waals surface area contributed by atoms with Crippen LogP contribution in [0.1, 0.15) is 34.3 Å². The van der Waals surface area contributed by atoms with E-state index in [1.165, 1.54) is 0 Å². The first-order chi connectivity index (χ1) is 12.5. The van der Waals surface area contributed by atoms with Gasteiger partial charge < -0.3 is 20.1 Å². The van der Waals surface area contributed by atoms with Crippen molar-refractivity contribution in [1.82, 2.24) is 0 Å². The van der Waals surface area contributed by atoms with E-state index in [1.807, 2.05) is 6.07 Å². The quantitative estimate of drug-likeness (QED) is 0.492. The minimum Gasteiger partial charge on any atom is -0.481 e. The monoisotopic (exact) mass is 360 g/mol.